The van der Waals surface area contributed by atoms with Crippen LogP contribution in [0, 0.1) is 0 Å². The zero-order valence-electron chi connectivity index (χ0n) is 8.42. The second-order valence-corrected chi connectivity index (χ2v) is 3.71. The van der Waals surface area contributed by atoms with Crippen LogP contribution in [0.25, 0.3) is 0 Å². The molecule has 1 saturated heterocycles. The SMILES string of the molecule is Nc1ccnc(N2CC(F)C(O)C(F)C2)n1. The van der Waals surface area contributed by atoms with Crippen molar-refractivity contribution in [1.82, 2.24) is 9.97 Å². The average molecular weight is 230 g/mol. The third-order valence-corrected chi connectivity index (χ3v) is 2.48. The molecule has 0 aliphatic carbocycles. The Hall–Kier alpha value is -1.50. The molecule has 1 aliphatic rings. The largest absolute Gasteiger partial charge is 0.387 e. The molecule has 2 unspecified atom stereocenters. The fourth-order valence-electron chi connectivity index (χ4n) is 1.62. The van der Waals surface area contributed by atoms with E-state index in [-0.39, 0.29) is 24.9 Å². The summed E-state index contributed by atoms with van der Waals surface area (Å²) < 4.78 is 26.5. The number of nitrogens with two attached hydrogens (primary N) is 1. The van der Waals surface area contributed by atoms with E-state index in [2.05, 4.69) is 9.97 Å². The lowest BCUT2D eigenvalue weighted by molar-refractivity contribution is 0.000909. The minimum atomic E-state index is -1.64. The number of piperidine rings is 1. The number of alkyl halides is 2. The Morgan fingerprint density at radius 2 is 2.00 bits per heavy atom. The lowest BCUT2D eigenvalue weighted by atomic mass is 10.1. The van der Waals surface area contributed by atoms with Crippen molar-refractivity contribution in [1.29, 1.82) is 0 Å². The highest BCUT2D eigenvalue weighted by molar-refractivity contribution is 5.38. The van der Waals surface area contributed by atoms with Crippen LogP contribution >= 0.6 is 0 Å². The molecule has 16 heavy (non-hydrogen) atoms. The monoisotopic (exact) mass is 230 g/mol. The van der Waals surface area contributed by atoms with Crippen molar-refractivity contribution in [3.8, 4) is 0 Å². The number of nitrogens with zero attached hydrogens (tertiary/aromatic N) is 3. The van der Waals surface area contributed by atoms with Crippen molar-refractivity contribution in [3.05, 3.63) is 12.3 Å². The van der Waals surface area contributed by atoms with Crippen LogP contribution in [0.4, 0.5) is 20.5 Å². The van der Waals surface area contributed by atoms with Gasteiger partial charge in [-0.05, 0) is 6.07 Å². The van der Waals surface area contributed by atoms with Crippen LogP contribution in [0.1, 0.15) is 0 Å². The molecule has 2 atom stereocenters. The predicted molar refractivity (Wildman–Crippen MR) is 54.5 cm³/mol. The summed E-state index contributed by atoms with van der Waals surface area (Å²) in [7, 11) is 0. The van der Waals surface area contributed by atoms with Gasteiger partial charge in [-0.25, -0.2) is 13.8 Å². The molecule has 3 N–H and O–H groups in total. The van der Waals surface area contributed by atoms with E-state index in [0.29, 0.717) is 0 Å². The second kappa shape index (κ2) is 4.17. The maximum atomic E-state index is 13.2. The van der Waals surface area contributed by atoms with Gasteiger partial charge in [0.05, 0.1) is 13.1 Å². The Bertz CT molecular complexity index is 366. The van der Waals surface area contributed by atoms with Gasteiger partial charge in [0.2, 0.25) is 5.95 Å². The van der Waals surface area contributed by atoms with Crippen molar-refractivity contribution in [2.24, 2.45) is 0 Å². The molecule has 88 valence electrons. The Morgan fingerprint density at radius 3 is 2.56 bits per heavy atom. The van der Waals surface area contributed by atoms with E-state index in [1.807, 2.05) is 0 Å². The van der Waals surface area contributed by atoms with E-state index in [4.69, 9.17) is 10.8 Å². The first-order chi connectivity index (χ1) is 7.58. The Labute approximate surface area is 90.9 Å². The number of rotatable bonds is 1. The number of aliphatic hydroxyl groups excluding tert-OH is 1. The molecule has 5 nitrogen and oxygen atoms in total. The minimum Gasteiger partial charge on any atom is -0.387 e. The second-order valence-electron chi connectivity index (χ2n) is 3.71. The van der Waals surface area contributed by atoms with Crippen LogP contribution in [-0.4, -0.2) is 46.6 Å². The van der Waals surface area contributed by atoms with Crippen molar-refractivity contribution >= 4 is 11.8 Å². The Kier molecular flexibility index (Phi) is 2.86. The lowest BCUT2D eigenvalue weighted by Gasteiger charge is -2.34. The number of anilines is 2. The zero-order chi connectivity index (χ0) is 11.7. The first-order valence-electron chi connectivity index (χ1n) is 4.87. The molecule has 0 aromatic carbocycles. The van der Waals surface area contributed by atoms with Gasteiger partial charge in [0.1, 0.15) is 24.3 Å². The first kappa shape index (κ1) is 11.0. The fraction of sp³-hybridized carbons (Fsp3) is 0.556. The average Bonchev–Trinajstić information content (AvgIpc) is 2.25. The summed E-state index contributed by atoms with van der Waals surface area (Å²) in [4.78, 5) is 9.08. The topological polar surface area (TPSA) is 75.3 Å². The summed E-state index contributed by atoms with van der Waals surface area (Å²) in [5, 5.41) is 9.12. The molecule has 2 heterocycles. The van der Waals surface area contributed by atoms with Gasteiger partial charge < -0.3 is 15.7 Å². The molecule has 0 radical (unpaired) electrons. The summed E-state index contributed by atoms with van der Waals surface area (Å²) in [5.41, 5.74) is 5.45. The standard InChI is InChI=1S/C9H12F2N4O/c10-5-3-15(4-6(11)8(5)16)9-13-2-1-7(12)14-9/h1-2,5-6,8,16H,3-4H2,(H2,12,13,14). The molecule has 0 amide bonds. The van der Waals surface area contributed by atoms with Crippen molar-refractivity contribution in [2.45, 2.75) is 18.4 Å². The number of nitrogen functional groups attached to an aromatic ring is 1. The molecular weight excluding hydrogens is 218 g/mol. The fourth-order valence-corrected chi connectivity index (χ4v) is 1.62. The number of hydrogen-bond donors (Lipinski definition) is 2. The van der Waals surface area contributed by atoms with Gasteiger partial charge in [0, 0.05) is 6.20 Å². The minimum absolute atomic E-state index is 0.134. The highest BCUT2D eigenvalue weighted by Crippen LogP contribution is 2.21. The zero-order valence-corrected chi connectivity index (χ0v) is 8.42. The molecule has 2 rings (SSSR count). The molecule has 0 saturated carbocycles. The van der Waals surface area contributed by atoms with Crippen molar-refractivity contribution in [3.63, 3.8) is 0 Å². The molecule has 1 aromatic heterocycles. The smallest absolute Gasteiger partial charge is 0.227 e. The van der Waals surface area contributed by atoms with Crippen molar-refractivity contribution in [2.75, 3.05) is 23.7 Å². The van der Waals surface area contributed by atoms with E-state index in [9.17, 15) is 8.78 Å². The van der Waals surface area contributed by atoms with Crippen molar-refractivity contribution < 1.29 is 13.9 Å². The summed E-state index contributed by atoms with van der Waals surface area (Å²) in [6.07, 6.45) is -3.44. The van der Waals surface area contributed by atoms with Crippen LogP contribution in [0.15, 0.2) is 12.3 Å². The number of hydrogen-bond acceptors (Lipinski definition) is 5. The number of halogens is 2. The molecule has 0 spiro atoms. The summed E-state index contributed by atoms with van der Waals surface area (Å²) in [6.45, 7) is -0.268. The molecule has 1 aliphatic heterocycles. The molecule has 7 heteroatoms. The van der Waals surface area contributed by atoms with Crippen LogP contribution in [0.3, 0.4) is 0 Å². The normalized spacial score (nSPS) is 30.4. The predicted octanol–water partition coefficient (Wildman–Crippen LogP) is -0.0841. The van der Waals surface area contributed by atoms with Gasteiger partial charge in [-0.15, -0.1) is 0 Å². The highest BCUT2D eigenvalue weighted by Gasteiger charge is 2.37. The van der Waals surface area contributed by atoms with Crippen LogP contribution in [0.2, 0.25) is 0 Å². The third kappa shape index (κ3) is 2.04. The lowest BCUT2D eigenvalue weighted by Crippen LogP contribution is -2.52. The maximum Gasteiger partial charge on any atom is 0.227 e. The number of aromatic nitrogens is 2. The van der Waals surface area contributed by atoms with Crippen LogP contribution in [-0.2, 0) is 0 Å². The van der Waals surface area contributed by atoms with Gasteiger partial charge >= 0.3 is 0 Å². The van der Waals surface area contributed by atoms with E-state index in [0.717, 1.165) is 0 Å². The van der Waals surface area contributed by atoms with Gasteiger partial charge in [-0.3, -0.25) is 0 Å². The first-order valence-corrected chi connectivity index (χ1v) is 4.87. The van der Waals surface area contributed by atoms with Gasteiger partial charge in [0.15, 0.2) is 0 Å². The third-order valence-electron chi connectivity index (χ3n) is 2.48. The maximum absolute atomic E-state index is 13.2. The highest BCUT2D eigenvalue weighted by atomic mass is 19.1. The van der Waals surface area contributed by atoms with Crippen LogP contribution < -0.4 is 10.6 Å². The summed E-state index contributed by atoms with van der Waals surface area (Å²) >= 11 is 0. The van der Waals surface area contributed by atoms with Gasteiger partial charge in [0.25, 0.3) is 0 Å². The van der Waals surface area contributed by atoms with E-state index >= 15 is 0 Å². The van der Waals surface area contributed by atoms with Gasteiger partial charge in [-0.2, -0.15) is 4.98 Å². The van der Waals surface area contributed by atoms with Gasteiger partial charge in [-0.1, -0.05) is 0 Å². The molecule has 1 fully saturated rings. The Balaban J connectivity index is 2.17. The van der Waals surface area contributed by atoms with E-state index in [1.165, 1.54) is 17.2 Å². The number of aliphatic hydroxyl groups is 1. The van der Waals surface area contributed by atoms with E-state index in [1.54, 1.807) is 0 Å². The summed E-state index contributed by atoms with van der Waals surface area (Å²) in [6, 6.07) is 1.49. The van der Waals surface area contributed by atoms with E-state index < -0.39 is 18.4 Å². The quantitative estimate of drug-likeness (QED) is 0.705. The molecule has 1 aromatic rings. The molecule has 0 bridgehead atoms. The Morgan fingerprint density at radius 1 is 1.38 bits per heavy atom. The van der Waals surface area contributed by atoms with Crippen LogP contribution in [0.5, 0.6) is 0 Å². The molecular formula is C9H12F2N4O. The summed E-state index contributed by atoms with van der Waals surface area (Å²) in [5.74, 6) is 0.416.